The van der Waals surface area contributed by atoms with Crippen LogP contribution in [0, 0.1) is 6.92 Å². The topological polar surface area (TPSA) is 94.2 Å². The summed E-state index contributed by atoms with van der Waals surface area (Å²) in [7, 11) is 0. The molecule has 2 aromatic rings. The Hall–Kier alpha value is -3.10. The number of carbonyl (C=O) groups excluding carboxylic acids is 3. The molecule has 2 heterocycles. The van der Waals surface area contributed by atoms with E-state index >= 15 is 0 Å². The van der Waals surface area contributed by atoms with Crippen molar-refractivity contribution in [3.05, 3.63) is 52.5 Å². The first-order valence-corrected chi connectivity index (χ1v) is 11.2. The van der Waals surface area contributed by atoms with Crippen LogP contribution in [0.25, 0.3) is 0 Å². The van der Waals surface area contributed by atoms with Gasteiger partial charge in [-0.05, 0) is 55.7 Å². The van der Waals surface area contributed by atoms with Crippen LogP contribution in [0.3, 0.4) is 0 Å². The smallest absolute Gasteiger partial charge is 0.265 e. The quantitative estimate of drug-likeness (QED) is 0.594. The summed E-state index contributed by atoms with van der Waals surface area (Å²) in [5.41, 5.74) is 1.67. The van der Waals surface area contributed by atoms with E-state index in [1.54, 1.807) is 30.3 Å². The summed E-state index contributed by atoms with van der Waals surface area (Å²) >= 11 is 6.13. The predicted octanol–water partition coefficient (Wildman–Crippen LogP) is 2.93. The molecule has 1 unspecified atom stereocenters. The molecule has 0 aliphatic carbocycles. The van der Waals surface area contributed by atoms with E-state index in [-0.39, 0.29) is 43.5 Å². The van der Waals surface area contributed by atoms with E-state index in [0.717, 1.165) is 18.4 Å². The number of amides is 2. The number of hydrogen-bond donors (Lipinski definition) is 1. The van der Waals surface area contributed by atoms with Crippen molar-refractivity contribution in [1.29, 1.82) is 0 Å². The van der Waals surface area contributed by atoms with Crippen LogP contribution in [0.15, 0.2) is 36.4 Å². The summed E-state index contributed by atoms with van der Waals surface area (Å²) in [6.07, 6.45) is 1.89. The highest BCUT2D eigenvalue weighted by Gasteiger charge is 2.29. The molecule has 2 aliphatic heterocycles. The van der Waals surface area contributed by atoms with Crippen molar-refractivity contribution in [2.75, 3.05) is 37.8 Å². The van der Waals surface area contributed by atoms with E-state index in [1.165, 1.54) is 4.90 Å². The van der Waals surface area contributed by atoms with Gasteiger partial charge >= 0.3 is 0 Å². The number of carbonyl (C=O) groups is 3. The molecule has 2 aliphatic rings. The summed E-state index contributed by atoms with van der Waals surface area (Å²) in [5.74, 6) is -0.106. The van der Waals surface area contributed by atoms with Crippen molar-refractivity contribution in [3.8, 4) is 11.5 Å². The Morgan fingerprint density at radius 1 is 1.24 bits per heavy atom. The number of fused-ring (bicyclic) bond motifs is 1. The predicted molar refractivity (Wildman–Crippen MR) is 122 cm³/mol. The van der Waals surface area contributed by atoms with Gasteiger partial charge in [0.15, 0.2) is 19.0 Å². The molecule has 1 saturated heterocycles. The first-order valence-electron chi connectivity index (χ1n) is 10.8. The number of nitrogens with zero attached hydrogens (tertiary/aromatic N) is 1. The molecule has 2 aromatic carbocycles. The van der Waals surface area contributed by atoms with Gasteiger partial charge in [-0.15, -0.1) is 0 Å². The van der Waals surface area contributed by atoms with Gasteiger partial charge < -0.3 is 19.5 Å². The maximum absolute atomic E-state index is 12.8. The molecule has 4 rings (SSSR count). The molecule has 8 nitrogen and oxygen atoms in total. The summed E-state index contributed by atoms with van der Waals surface area (Å²) in [6.45, 7) is 2.44. The lowest BCUT2D eigenvalue weighted by atomic mass is 10.1. The third-order valence-electron chi connectivity index (χ3n) is 5.52. The molecular weight excluding hydrogens is 448 g/mol. The van der Waals surface area contributed by atoms with Crippen molar-refractivity contribution >= 4 is 34.9 Å². The fourth-order valence-corrected chi connectivity index (χ4v) is 3.90. The SMILES string of the molecule is Cc1ccc(Cl)c(OCC(=O)c2ccc3c(c2)N(CC(=O)NCC2CCCO2)C(=O)CO3)c1. The molecule has 33 heavy (non-hydrogen) atoms. The van der Waals surface area contributed by atoms with Gasteiger partial charge in [0.2, 0.25) is 5.91 Å². The van der Waals surface area contributed by atoms with Crippen molar-refractivity contribution in [1.82, 2.24) is 5.32 Å². The number of benzene rings is 2. The summed E-state index contributed by atoms with van der Waals surface area (Å²) in [6, 6.07) is 10.1. The van der Waals surface area contributed by atoms with Crippen molar-refractivity contribution in [2.24, 2.45) is 0 Å². The van der Waals surface area contributed by atoms with Crippen LogP contribution in [0.5, 0.6) is 11.5 Å². The van der Waals surface area contributed by atoms with E-state index in [9.17, 15) is 14.4 Å². The molecule has 0 saturated carbocycles. The highest BCUT2D eigenvalue weighted by atomic mass is 35.5. The van der Waals surface area contributed by atoms with E-state index in [1.807, 2.05) is 13.0 Å². The van der Waals surface area contributed by atoms with Crippen molar-refractivity contribution in [3.63, 3.8) is 0 Å². The Labute approximate surface area is 196 Å². The highest BCUT2D eigenvalue weighted by Crippen LogP contribution is 2.33. The number of hydrogen-bond acceptors (Lipinski definition) is 6. The molecule has 0 radical (unpaired) electrons. The van der Waals surface area contributed by atoms with E-state index in [2.05, 4.69) is 5.32 Å². The largest absolute Gasteiger partial charge is 0.484 e. The lowest BCUT2D eigenvalue weighted by molar-refractivity contribution is -0.125. The lowest BCUT2D eigenvalue weighted by Gasteiger charge is -2.29. The minimum absolute atomic E-state index is 0.00718. The number of ketones is 1. The average molecular weight is 473 g/mol. The molecule has 9 heteroatoms. The van der Waals surface area contributed by atoms with Crippen LogP contribution in [0.4, 0.5) is 5.69 Å². The zero-order chi connectivity index (χ0) is 23.4. The van der Waals surface area contributed by atoms with Crippen LogP contribution in [-0.2, 0) is 14.3 Å². The fraction of sp³-hybridized carbons (Fsp3) is 0.375. The Morgan fingerprint density at radius 2 is 2.09 bits per heavy atom. The van der Waals surface area contributed by atoms with Gasteiger partial charge in [0.05, 0.1) is 16.8 Å². The van der Waals surface area contributed by atoms with E-state index < -0.39 is 0 Å². The maximum atomic E-state index is 12.8. The first-order chi connectivity index (χ1) is 15.9. The van der Waals surface area contributed by atoms with Gasteiger partial charge in [0, 0.05) is 18.7 Å². The Kier molecular flexibility index (Phi) is 7.15. The Balaban J connectivity index is 1.43. The maximum Gasteiger partial charge on any atom is 0.265 e. The number of anilines is 1. The molecule has 1 atom stereocenters. The summed E-state index contributed by atoms with van der Waals surface area (Å²) < 4.78 is 16.6. The van der Waals surface area contributed by atoms with Crippen LogP contribution >= 0.6 is 11.6 Å². The van der Waals surface area contributed by atoms with Crippen molar-refractivity contribution in [2.45, 2.75) is 25.9 Å². The first kappa shape index (κ1) is 23.1. The summed E-state index contributed by atoms with van der Waals surface area (Å²) in [4.78, 5) is 39.0. The monoisotopic (exact) mass is 472 g/mol. The van der Waals surface area contributed by atoms with Gasteiger partial charge in [-0.3, -0.25) is 19.3 Å². The second-order valence-corrected chi connectivity index (χ2v) is 8.44. The molecule has 1 fully saturated rings. The van der Waals surface area contributed by atoms with Gasteiger partial charge in [-0.1, -0.05) is 17.7 Å². The lowest BCUT2D eigenvalue weighted by Crippen LogP contribution is -2.46. The zero-order valence-electron chi connectivity index (χ0n) is 18.3. The average Bonchev–Trinajstić information content (AvgIpc) is 3.33. The number of aryl methyl sites for hydroxylation is 1. The van der Waals surface area contributed by atoms with E-state index in [4.69, 9.17) is 25.8 Å². The Bertz CT molecular complexity index is 1070. The van der Waals surface area contributed by atoms with Gasteiger partial charge in [-0.25, -0.2) is 0 Å². The molecular formula is C24H25ClN2O6. The molecule has 174 valence electrons. The second-order valence-electron chi connectivity index (χ2n) is 8.04. The second kappa shape index (κ2) is 10.2. The molecule has 0 bridgehead atoms. The van der Waals surface area contributed by atoms with Crippen molar-refractivity contribution < 1.29 is 28.6 Å². The summed E-state index contributed by atoms with van der Waals surface area (Å²) in [5, 5.41) is 3.23. The molecule has 1 N–H and O–H groups in total. The number of rotatable bonds is 8. The van der Waals surface area contributed by atoms with Crippen LogP contribution in [-0.4, -0.2) is 56.6 Å². The minimum atomic E-state index is -0.359. The highest BCUT2D eigenvalue weighted by molar-refractivity contribution is 6.32. The molecule has 2 amide bonds. The van der Waals surface area contributed by atoms with Gasteiger partial charge in [0.1, 0.15) is 18.0 Å². The number of halogens is 1. The normalized spacial score (nSPS) is 17.3. The third-order valence-corrected chi connectivity index (χ3v) is 5.83. The zero-order valence-corrected chi connectivity index (χ0v) is 19.0. The third kappa shape index (κ3) is 5.64. The fourth-order valence-electron chi connectivity index (χ4n) is 3.73. The van der Waals surface area contributed by atoms with Gasteiger partial charge in [0.25, 0.3) is 5.91 Å². The Morgan fingerprint density at radius 3 is 2.88 bits per heavy atom. The number of nitrogens with one attached hydrogen (secondary N) is 1. The molecule has 0 aromatic heterocycles. The number of ether oxygens (including phenoxy) is 3. The molecule has 0 spiro atoms. The van der Waals surface area contributed by atoms with Gasteiger partial charge in [-0.2, -0.15) is 0 Å². The number of Topliss-reactive ketones (excluding diaryl/α,β-unsaturated/α-hetero) is 1. The van der Waals surface area contributed by atoms with Crippen LogP contribution in [0.1, 0.15) is 28.8 Å². The minimum Gasteiger partial charge on any atom is -0.484 e. The van der Waals surface area contributed by atoms with E-state index in [0.29, 0.717) is 40.9 Å². The van der Waals surface area contributed by atoms with Crippen LogP contribution in [0.2, 0.25) is 5.02 Å². The standard InChI is InChI=1S/C24H25ClN2O6/c1-15-4-6-18(25)22(9-15)32-13-20(28)16-5-7-21-19(10-16)27(24(30)14-33-21)12-23(29)26-11-17-3-2-8-31-17/h4-7,9-10,17H,2-3,8,11-14H2,1H3,(H,26,29). The van der Waals surface area contributed by atoms with Crippen LogP contribution < -0.4 is 19.7 Å².